The molecule has 6 nitrogen and oxygen atoms in total. The third-order valence-corrected chi connectivity index (χ3v) is 1.61. The van der Waals surface area contributed by atoms with Gasteiger partial charge in [-0.2, -0.15) is 0 Å². The van der Waals surface area contributed by atoms with Crippen LogP contribution in [0.3, 0.4) is 0 Å². The highest BCUT2D eigenvalue weighted by Gasteiger charge is 2.17. The van der Waals surface area contributed by atoms with E-state index in [9.17, 15) is 4.79 Å². The number of carbonyl (C=O) groups excluding carboxylic acids is 1. The summed E-state index contributed by atoms with van der Waals surface area (Å²) in [7, 11) is 0. The molecule has 3 N–H and O–H groups in total. The van der Waals surface area contributed by atoms with E-state index in [1.807, 2.05) is 0 Å². The van der Waals surface area contributed by atoms with Crippen LogP contribution in [0.5, 0.6) is 0 Å². The zero-order valence-electron chi connectivity index (χ0n) is 9.65. The Morgan fingerprint density at radius 2 is 2.25 bits per heavy atom. The van der Waals surface area contributed by atoms with Crippen LogP contribution in [0.1, 0.15) is 26.5 Å². The van der Waals surface area contributed by atoms with Crippen LogP contribution in [0.25, 0.3) is 0 Å². The van der Waals surface area contributed by atoms with Crippen molar-refractivity contribution in [2.45, 2.75) is 32.8 Å². The SMILES string of the molecule is CC(C)(C)OC(=O)n1cnc(CC(=N)N)c1. The summed E-state index contributed by atoms with van der Waals surface area (Å²) in [4.78, 5) is 15.5. The van der Waals surface area contributed by atoms with Crippen molar-refractivity contribution in [3.8, 4) is 0 Å². The Morgan fingerprint density at radius 1 is 1.62 bits per heavy atom. The zero-order chi connectivity index (χ0) is 12.3. The highest BCUT2D eigenvalue weighted by molar-refractivity contribution is 5.79. The number of rotatable bonds is 2. The van der Waals surface area contributed by atoms with Crippen LogP contribution in [-0.2, 0) is 11.2 Å². The molecule has 0 aliphatic rings. The first-order valence-electron chi connectivity index (χ1n) is 4.87. The van der Waals surface area contributed by atoms with Gasteiger partial charge in [-0.15, -0.1) is 0 Å². The molecule has 1 aromatic heterocycles. The molecule has 0 bridgehead atoms. The Morgan fingerprint density at radius 3 is 2.75 bits per heavy atom. The number of carbonyl (C=O) groups is 1. The van der Waals surface area contributed by atoms with Crippen molar-refractivity contribution in [3.63, 3.8) is 0 Å². The Kier molecular flexibility index (Phi) is 3.31. The van der Waals surface area contributed by atoms with Crippen LogP contribution in [-0.4, -0.2) is 27.1 Å². The van der Waals surface area contributed by atoms with E-state index in [0.29, 0.717) is 5.69 Å². The van der Waals surface area contributed by atoms with E-state index in [-0.39, 0.29) is 12.3 Å². The second-order valence-electron chi connectivity index (χ2n) is 4.45. The predicted molar refractivity (Wildman–Crippen MR) is 59.5 cm³/mol. The molecule has 1 aromatic rings. The maximum Gasteiger partial charge on any atom is 0.419 e. The molecule has 0 saturated heterocycles. The molecular weight excluding hydrogens is 208 g/mol. The first kappa shape index (κ1) is 12.2. The molecule has 88 valence electrons. The minimum Gasteiger partial charge on any atom is -0.443 e. The molecule has 6 heteroatoms. The molecule has 1 rings (SSSR count). The molecule has 0 aliphatic heterocycles. The molecule has 16 heavy (non-hydrogen) atoms. The van der Waals surface area contributed by atoms with Crippen LogP contribution < -0.4 is 5.73 Å². The van der Waals surface area contributed by atoms with E-state index in [2.05, 4.69) is 4.98 Å². The number of amidine groups is 1. The molecule has 0 atom stereocenters. The van der Waals surface area contributed by atoms with Crippen LogP contribution in [0.4, 0.5) is 4.79 Å². The summed E-state index contributed by atoms with van der Waals surface area (Å²) in [6.07, 6.45) is 2.60. The topological polar surface area (TPSA) is 94.0 Å². The van der Waals surface area contributed by atoms with Crippen molar-refractivity contribution in [3.05, 3.63) is 18.2 Å². The van der Waals surface area contributed by atoms with Gasteiger partial charge in [-0.1, -0.05) is 0 Å². The van der Waals surface area contributed by atoms with Crippen molar-refractivity contribution in [1.82, 2.24) is 9.55 Å². The zero-order valence-corrected chi connectivity index (χ0v) is 9.65. The summed E-state index contributed by atoms with van der Waals surface area (Å²) >= 11 is 0. The number of hydrogen-bond donors (Lipinski definition) is 2. The lowest BCUT2D eigenvalue weighted by Gasteiger charge is -2.19. The highest BCUT2D eigenvalue weighted by atomic mass is 16.6. The standard InChI is InChI=1S/C10H16N4O2/c1-10(2,3)16-9(15)14-5-7(13-6-14)4-8(11)12/h5-6H,4H2,1-3H3,(H3,11,12). The van der Waals surface area contributed by atoms with E-state index in [1.54, 1.807) is 20.8 Å². The number of aromatic nitrogens is 2. The van der Waals surface area contributed by atoms with Gasteiger partial charge in [0, 0.05) is 12.6 Å². The van der Waals surface area contributed by atoms with Crippen molar-refractivity contribution < 1.29 is 9.53 Å². The highest BCUT2D eigenvalue weighted by Crippen LogP contribution is 2.09. The Hall–Kier alpha value is -1.85. The number of nitrogens with one attached hydrogen (secondary N) is 1. The van der Waals surface area contributed by atoms with Gasteiger partial charge in [-0.25, -0.2) is 14.3 Å². The van der Waals surface area contributed by atoms with Crippen LogP contribution in [0.2, 0.25) is 0 Å². The predicted octanol–water partition coefficient (Wildman–Crippen LogP) is 1.14. The Labute approximate surface area is 93.9 Å². The third kappa shape index (κ3) is 3.72. The fraction of sp³-hybridized carbons (Fsp3) is 0.500. The number of ether oxygens (including phenoxy) is 1. The molecule has 0 aliphatic carbocycles. The van der Waals surface area contributed by atoms with Crippen molar-refractivity contribution in [1.29, 1.82) is 5.41 Å². The first-order valence-corrected chi connectivity index (χ1v) is 4.87. The van der Waals surface area contributed by atoms with Gasteiger partial charge in [0.2, 0.25) is 0 Å². The summed E-state index contributed by atoms with van der Waals surface area (Å²) in [5, 5.41) is 7.10. The fourth-order valence-electron chi connectivity index (χ4n) is 1.06. The lowest BCUT2D eigenvalue weighted by molar-refractivity contribution is 0.0536. The van der Waals surface area contributed by atoms with Gasteiger partial charge < -0.3 is 10.5 Å². The van der Waals surface area contributed by atoms with Gasteiger partial charge in [0.05, 0.1) is 11.5 Å². The second kappa shape index (κ2) is 4.34. The minimum absolute atomic E-state index is 0.00874. The smallest absolute Gasteiger partial charge is 0.419 e. The maximum absolute atomic E-state index is 11.6. The van der Waals surface area contributed by atoms with Gasteiger partial charge in [0.1, 0.15) is 11.9 Å². The summed E-state index contributed by atoms with van der Waals surface area (Å²) in [5.74, 6) is 0.00874. The van der Waals surface area contributed by atoms with E-state index in [1.165, 1.54) is 17.1 Å². The quantitative estimate of drug-likeness (QED) is 0.582. The van der Waals surface area contributed by atoms with E-state index < -0.39 is 11.7 Å². The summed E-state index contributed by atoms with van der Waals surface area (Å²) in [6, 6.07) is 0. The normalized spacial score (nSPS) is 11.2. The van der Waals surface area contributed by atoms with Crippen LogP contribution in [0.15, 0.2) is 12.5 Å². The van der Waals surface area contributed by atoms with E-state index in [0.717, 1.165) is 0 Å². The minimum atomic E-state index is -0.540. The third-order valence-electron chi connectivity index (χ3n) is 1.61. The molecular formula is C10H16N4O2. The van der Waals surface area contributed by atoms with E-state index in [4.69, 9.17) is 15.9 Å². The second-order valence-corrected chi connectivity index (χ2v) is 4.45. The molecule has 0 amide bonds. The van der Waals surface area contributed by atoms with Crippen molar-refractivity contribution in [2.75, 3.05) is 0 Å². The fourth-order valence-corrected chi connectivity index (χ4v) is 1.06. The van der Waals surface area contributed by atoms with E-state index >= 15 is 0 Å². The summed E-state index contributed by atoms with van der Waals surface area (Å²) in [6.45, 7) is 5.37. The van der Waals surface area contributed by atoms with Crippen LogP contribution >= 0.6 is 0 Å². The lowest BCUT2D eigenvalue weighted by Crippen LogP contribution is -2.26. The van der Waals surface area contributed by atoms with Crippen molar-refractivity contribution in [2.24, 2.45) is 5.73 Å². The van der Waals surface area contributed by atoms with Gasteiger partial charge >= 0.3 is 6.09 Å². The first-order chi connectivity index (χ1) is 7.28. The molecule has 1 heterocycles. The average molecular weight is 224 g/mol. The van der Waals surface area contributed by atoms with Crippen molar-refractivity contribution >= 4 is 11.9 Å². The molecule has 0 aromatic carbocycles. The molecule has 0 spiro atoms. The number of hydrogen-bond acceptors (Lipinski definition) is 4. The molecule has 0 saturated carbocycles. The van der Waals surface area contributed by atoms with Gasteiger partial charge in [-0.05, 0) is 20.8 Å². The Bertz CT molecular complexity index is 403. The Balaban J connectivity index is 2.71. The number of nitrogens with zero attached hydrogens (tertiary/aromatic N) is 2. The van der Waals surface area contributed by atoms with Gasteiger partial charge in [0.15, 0.2) is 0 Å². The summed E-state index contributed by atoms with van der Waals surface area (Å²) < 4.78 is 6.38. The van der Waals surface area contributed by atoms with Gasteiger partial charge in [0.25, 0.3) is 0 Å². The largest absolute Gasteiger partial charge is 0.443 e. The molecule has 0 fully saturated rings. The maximum atomic E-state index is 11.6. The average Bonchev–Trinajstić information content (AvgIpc) is 2.48. The molecule has 0 radical (unpaired) electrons. The van der Waals surface area contributed by atoms with Gasteiger partial charge in [-0.3, -0.25) is 5.41 Å². The molecule has 0 unspecified atom stereocenters. The lowest BCUT2D eigenvalue weighted by atomic mass is 10.2. The number of nitrogens with two attached hydrogens (primary N) is 1. The van der Waals surface area contributed by atoms with Crippen LogP contribution in [0, 0.1) is 5.41 Å². The number of imidazole rings is 1. The summed E-state index contributed by atoms with van der Waals surface area (Å²) in [5.41, 5.74) is 5.26. The monoisotopic (exact) mass is 224 g/mol.